The first-order valence-corrected chi connectivity index (χ1v) is 15.8. The number of nitrogens with one attached hydrogen (secondary N) is 1. The molecule has 0 saturated carbocycles. The zero-order valence-electron chi connectivity index (χ0n) is 19.8. The number of carbonyl (C=O) groups is 2. The number of thiophene rings is 1. The smallest absolute Gasteiger partial charge is 0.264 e. The van der Waals surface area contributed by atoms with E-state index in [9.17, 15) is 26.4 Å². The topological polar surface area (TPSA) is 133 Å². The lowest BCUT2D eigenvalue weighted by atomic mass is 10.2. The Bertz CT molecular complexity index is 1330. The van der Waals surface area contributed by atoms with Crippen LogP contribution in [0, 0.1) is 0 Å². The summed E-state index contributed by atoms with van der Waals surface area (Å²) >= 11 is 6.64. The molecule has 3 heterocycles. The lowest BCUT2D eigenvalue weighted by Gasteiger charge is -2.35. The molecule has 2 amide bonds. The van der Waals surface area contributed by atoms with Crippen molar-refractivity contribution in [3.8, 4) is 0 Å². The van der Waals surface area contributed by atoms with Gasteiger partial charge in [0.25, 0.3) is 15.9 Å². The largest absolute Gasteiger partial charge is 0.378 e. The molecular weight excluding hydrogens is 564 g/mol. The van der Waals surface area contributed by atoms with Gasteiger partial charge in [0, 0.05) is 54.7 Å². The van der Waals surface area contributed by atoms with Crippen LogP contribution in [0.5, 0.6) is 0 Å². The van der Waals surface area contributed by atoms with E-state index in [1.54, 1.807) is 4.90 Å². The van der Waals surface area contributed by atoms with Crippen LogP contribution < -0.4 is 4.72 Å². The Morgan fingerprint density at radius 2 is 1.57 bits per heavy atom. The van der Waals surface area contributed by atoms with Gasteiger partial charge < -0.3 is 9.64 Å². The number of halogens is 1. The van der Waals surface area contributed by atoms with Gasteiger partial charge >= 0.3 is 0 Å². The van der Waals surface area contributed by atoms with E-state index in [1.165, 1.54) is 40.7 Å². The molecule has 202 valence electrons. The number of morpholine rings is 1. The van der Waals surface area contributed by atoms with Crippen LogP contribution in [0.3, 0.4) is 0 Å². The molecule has 1 N–H and O–H groups in total. The van der Waals surface area contributed by atoms with Crippen LogP contribution in [0.2, 0.25) is 5.02 Å². The van der Waals surface area contributed by atoms with E-state index in [-0.39, 0.29) is 40.2 Å². The van der Waals surface area contributed by atoms with Gasteiger partial charge in [0.1, 0.15) is 9.96 Å². The van der Waals surface area contributed by atoms with Crippen LogP contribution in [0.4, 0.5) is 0 Å². The highest BCUT2D eigenvalue weighted by Gasteiger charge is 2.31. The lowest BCUT2D eigenvalue weighted by molar-refractivity contribution is -0.136. The van der Waals surface area contributed by atoms with E-state index in [1.807, 2.05) is 9.62 Å². The molecule has 0 bridgehead atoms. The Morgan fingerprint density at radius 1 is 0.919 bits per heavy atom. The Morgan fingerprint density at radius 3 is 2.22 bits per heavy atom. The monoisotopic (exact) mass is 590 g/mol. The van der Waals surface area contributed by atoms with Gasteiger partial charge in [0.05, 0.1) is 19.8 Å². The summed E-state index contributed by atoms with van der Waals surface area (Å²) in [6.45, 7) is 3.69. The van der Waals surface area contributed by atoms with Crippen LogP contribution in [-0.4, -0.2) is 102 Å². The molecule has 4 rings (SSSR count). The van der Waals surface area contributed by atoms with E-state index in [2.05, 4.69) is 0 Å². The maximum absolute atomic E-state index is 13.1. The fraction of sp³-hybridized carbons (Fsp3) is 0.455. The number of nitrogens with zero attached hydrogens (tertiary/aromatic N) is 3. The first kappa shape index (κ1) is 28.0. The second-order valence-corrected chi connectivity index (χ2v) is 14.1. The summed E-state index contributed by atoms with van der Waals surface area (Å²) in [4.78, 5) is 28.7. The van der Waals surface area contributed by atoms with E-state index >= 15 is 0 Å². The molecule has 0 aliphatic carbocycles. The van der Waals surface area contributed by atoms with E-state index in [0.29, 0.717) is 44.4 Å². The third-order valence-corrected chi connectivity index (χ3v) is 11.0. The molecule has 11 nitrogen and oxygen atoms in total. The van der Waals surface area contributed by atoms with Gasteiger partial charge in [-0.2, -0.15) is 4.31 Å². The summed E-state index contributed by atoms with van der Waals surface area (Å²) in [6.07, 6.45) is 0. The number of piperazine rings is 1. The van der Waals surface area contributed by atoms with E-state index < -0.39 is 31.7 Å². The third kappa shape index (κ3) is 7.28. The van der Waals surface area contributed by atoms with Crippen molar-refractivity contribution in [3.63, 3.8) is 0 Å². The second kappa shape index (κ2) is 11.8. The molecule has 2 saturated heterocycles. The number of hydrogen-bond acceptors (Lipinski definition) is 9. The van der Waals surface area contributed by atoms with Gasteiger partial charge in [0.15, 0.2) is 0 Å². The van der Waals surface area contributed by atoms with Crippen LogP contribution >= 0.6 is 22.9 Å². The zero-order chi connectivity index (χ0) is 26.6. The fourth-order valence-electron chi connectivity index (χ4n) is 3.96. The van der Waals surface area contributed by atoms with Crippen molar-refractivity contribution in [2.75, 3.05) is 59.0 Å². The standard InChI is InChI=1S/C22H27ClN4O7S3/c23-18-3-1-17(2-4-18)22(29)24-36(30,31)16-19-5-6-21(35-19)37(32,33)27-9-7-25(8-10-27)15-20(28)26-11-13-34-14-12-26/h1-6H,7-16H2,(H,24,29). The highest BCUT2D eigenvalue weighted by Crippen LogP contribution is 2.27. The van der Waals surface area contributed by atoms with Crippen molar-refractivity contribution < 1.29 is 31.2 Å². The minimum absolute atomic E-state index is 0.00636. The molecule has 0 spiro atoms. The molecule has 37 heavy (non-hydrogen) atoms. The number of amides is 2. The summed E-state index contributed by atoms with van der Waals surface area (Å²) in [5.74, 6) is -1.33. The summed E-state index contributed by atoms with van der Waals surface area (Å²) < 4.78 is 59.9. The summed E-state index contributed by atoms with van der Waals surface area (Å²) in [7, 11) is -7.88. The summed E-state index contributed by atoms with van der Waals surface area (Å²) in [5, 5.41) is 0.412. The molecular formula is C22H27ClN4O7S3. The Balaban J connectivity index is 1.31. The Hall–Kier alpha value is -2.07. The number of ether oxygens (including phenoxy) is 1. The molecule has 2 aromatic rings. The maximum atomic E-state index is 13.1. The predicted molar refractivity (Wildman–Crippen MR) is 138 cm³/mol. The fourth-order valence-corrected chi connectivity index (χ4v) is 8.46. The van der Waals surface area contributed by atoms with Crippen LogP contribution in [-0.2, 0) is 35.3 Å². The molecule has 15 heteroatoms. The molecule has 1 aromatic carbocycles. The van der Waals surface area contributed by atoms with Crippen LogP contribution in [0.25, 0.3) is 0 Å². The number of rotatable bonds is 8. The van der Waals surface area contributed by atoms with Crippen LogP contribution in [0.15, 0.2) is 40.6 Å². The molecule has 2 aliphatic heterocycles. The first-order valence-electron chi connectivity index (χ1n) is 11.5. The van der Waals surface area contributed by atoms with Crippen molar-refractivity contribution >= 4 is 54.8 Å². The summed E-state index contributed by atoms with van der Waals surface area (Å²) in [5.41, 5.74) is 0.133. The molecule has 2 aliphatic rings. The van der Waals surface area contributed by atoms with Gasteiger partial charge in [-0.3, -0.25) is 14.5 Å². The average molecular weight is 591 g/mol. The van der Waals surface area contributed by atoms with Gasteiger partial charge in [-0.25, -0.2) is 21.6 Å². The SMILES string of the molecule is O=C(NS(=O)(=O)Cc1ccc(S(=O)(=O)N2CCN(CC(=O)N3CCOCC3)CC2)s1)c1ccc(Cl)cc1. The number of hydrogen-bond donors (Lipinski definition) is 1. The normalized spacial score (nSPS) is 18.0. The van der Waals surface area contributed by atoms with Gasteiger partial charge in [-0.05, 0) is 36.4 Å². The number of benzene rings is 1. The quantitative estimate of drug-likeness (QED) is 0.478. The minimum atomic E-state index is -4.06. The first-order chi connectivity index (χ1) is 17.5. The highest BCUT2D eigenvalue weighted by atomic mass is 35.5. The molecule has 0 unspecified atom stereocenters. The molecule has 0 radical (unpaired) electrons. The summed E-state index contributed by atoms with van der Waals surface area (Å²) in [6, 6.07) is 8.56. The Kier molecular flexibility index (Phi) is 8.89. The van der Waals surface area contributed by atoms with Gasteiger partial charge in [-0.15, -0.1) is 11.3 Å². The van der Waals surface area contributed by atoms with E-state index in [0.717, 1.165) is 11.3 Å². The maximum Gasteiger partial charge on any atom is 0.264 e. The van der Waals surface area contributed by atoms with Crippen molar-refractivity contribution in [1.82, 2.24) is 18.8 Å². The molecule has 0 atom stereocenters. The lowest BCUT2D eigenvalue weighted by Crippen LogP contribution is -2.52. The van der Waals surface area contributed by atoms with E-state index in [4.69, 9.17) is 16.3 Å². The molecule has 2 fully saturated rings. The van der Waals surface area contributed by atoms with Crippen LogP contribution in [0.1, 0.15) is 15.2 Å². The van der Waals surface area contributed by atoms with Crippen molar-refractivity contribution in [2.24, 2.45) is 0 Å². The third-order valence-electron chi connectivity index (χ3n) is 5.97. The number of carbonyl (C=O) groups excluding carboxylic acids is 2. The zero-order valence-corrected chi connectivity index (χ0v) is 23.0. The second-order valence-electron chi connectivity index (χ2n) is 8.59. The molecule has 1 aromatic heterocycles. The predicted octanol–water partition coefficient (Wildman–Crippen LogP) is 0.826. The van der Waals surface area contributed by atoms with Crippen molar-refractivity contribution in [3.05, 3.63) is 51.9 Å². The minimum Gasteiger partial charge on any atom is -0.378 e. The number of sulfonamides is 2. The highest BCUT2D eigenvalue weighted by molar-refractivity contribution is 7.91. The van der Waals surface area contributed by atoms with Crippen molar-refractivity contribution in [1.29, 1.82) is 0 Å². The average Bonchev–Trinajstić information content (AvgIpc) is 3.33. The van der Waals surface area contributed by atoms with Gasteiger partial charge in [0.2, 0.25) is 15.9 Å². The Labute approximate surface area is 225 Å². The van der Waals surface area contributed by atoms with Gasteiger partial charge in [-0.1, -0.05) is 11.6 Å². The van der Waals surface area contributed by atoms with Crippen molar-refractivity contribution in [2.45, 2.75) is 9.96 Å².